The van der Waals surface area contributed by atoms with Crippen LogP contribution in [0.5, 0.6) is 0 Å². The van der Waals surface area contributed by atoms with Gasteiger partial charge in [0, 0.05) is 6.54 Å². The van der Waals surface area contributed by atoms with Gasteiger partial charge in [0.25, 0.3) is 5.91 Å². The minimum Gasteiger partial charge on any atom is -0.452 e. The number of nitrogens with one attached hydrogen (secondary N) is 1. The first-order valence-corrected chi connectivity index (χ1v) is 7.79. The van der Waals surface area contributed by atoms with E-state index in [1.54, 1.807) is 13.0 Å². The number of aryl methyl sites for hydroxylation is 2. The van der Waals surface area contributed by atoms with E-state index < -0.39 is 6.10 Å². The molecule has 0 saturated carbocycles. The van der Waals surface area contributed by atoms with Gasteiger partial charge >= 0.3 is 5.97 Å². The lowest BCUT2D eigenvalue weighted by Gasteiger charge is -2.17. The van der Waals surface area contributed by atoms with Crippen LogP contribution in [0, 0.1) is 0 Å². The first-order chi connectivity index (χ1) is 10.6. The van der Waals surface area contributed by atoms with Crippen LogP contribution in [-0.2, 0) is 33.6 Å². The summed E-state index contributed by atoms with van der Waals surface area (Å²) in [6, 6.07) is 6.18. The Morgan fingerprint density at radius 1 is 1.32 bits per heavy atom. The van der Waals surface area contributed by atoms with Gasteiger partial charge in [0.2, 0.25) is 0 Å². The zero-order valence-corrected chi connectivity index (χ0v) is 13.1. The third kappa shape index (κ3) is 4.45. The fraction of sp³-hybridized carbons (Fsp3) is 0.444. The SMILES string of the molecule is C=CCNC(=O)[C@@H](C)OC(=O)Cc1ccc2c(c1)CCCC2. The van der Waals surface area contributed by atoms with Crippen LogP contribution in [0.25, 0.3) is 0 Å². The number of carbonyl (C=O) groups is 2. The Hall–Kier alpha value is -2.10. The molecular formula is C18H23NO3. The minimum atomic E-state index is -0.787. The van der Waals surface area contributed by atoms with E-state index in [9.17, 15) is 9.59 Å². The van der Waals surface area contributed by atoms with Crippen molar-refractivity contribution in [1.29, 1.82) is 0 Å². The lowest BCUT2D eigenvalue weighted by molar-refractivity contribution is -0.154. The van der Waals surface area contributed by atoms with Crippen LogP contribution in [0.4, 0.5) is 0 Å². The molecule has 0 radical (unpaired) electrons. The highest BCUT2D eigenvalue weighted by Gasteiger charge is 2.18. The highest BCUT2D eigenvalue weighted by atomic mass is 16.5. The summed E-state index contributed by atoms with van der Waals surface area (Å²) < 4.78 is 5.17. The summed E-state index contributed by atoms with van der Waals surface area (Å²) in [6.07, 6.45) is 5.66. The zero-order valence-electron chi connectivity index (χ0n) is 13.1. The molecule has 0 aliphatic heterocycles. The van der Waals surface area contributed by atoms with Crippen molar-refractivity contribution in [1.82, 2.24) is 5.32 Å². The topological polar surface area (TPSA) is 55.4 Å². The third-order valence-electron chi connectivity index (χ3n) is 3.86. The maximum atomic E-state index is 11.9. The van der Waals surface area contributed by atoms with E-state index in [4.69, 9.17) is 4.74 Å². The summed E-state index contributed by atoms with van der Waals surface area (Å²) in [5.74, 6) is -0.685. The van der Waals surface area contributed by atoms with Crippen molar-refractivity contribution in [2.24, 2.45) is 0 Å². The van der Waals surface area contributed by atoms with Gasteiger partial charge in [0.1, 0.15) is 0 Å². The van der Waals surface area contributed by atoms with Gasteiger partial charge in [-0.15, -0.1) is 6.58 Å². The number of hydrogen-bond acceptors (Lipinski definition) is 3. The monoisotopic (exact) mass is 301 g/mol. The van der Waals surface area contributed by atoms with E-state index in [0.717, 1.165) is 18.4 Å². The third-order valence-corrected chi connectivity index (χ3v) is 3.86. The van der Waals surface area contributed by atoms with Crippen LogP contribution < -0.4 is 5.32 Å². The molecule has 1 aliphatic carbocycles. The fourth-order valence-corrected chi connectivity index (χ4v) is 2.67. The van der Waals surface area contributed by atoms with Crippen molar-refractivity contribution in [3.05, 3.63) is 47.5 Å². The standard InChI is InChI=1S/C18H23NO3/c1-3-10-19-18(21)13(2)22-17(20)12-14-8-9-15-6-4-5-7-16(15)11-14/h3,8-9,11,13H,1,4-7,10,12H2,2H3,(H,19,21)/t13-/m1/s1. The number of hydrogen-bond donors (Lipinski definition) is 1. The molecular weight excluding hydrogens is 278 g/mol. The number of ether oxygens (including phenoxy) is 1. The second-order valence-electron chi connectivity index (χ2n) is 5.65. The molecule has 0 unspecified atom stereocenters. The Labute approximate surface area is 131 Å². The number of benzene rings is 1. The van der Waals surface area contributed by atoms with Crippen LogP contribution in [0.2, 0.25) is 0 Å². The Kier molecular flexibility index (Phi) is 5.75. The predicted octanol–water partition coefficient (Wildman–Crippen LogP) is 2.34. The average molecular weight is 301 g/mol. The quantitative estimate of drug-likeness (QED) is 0.648. The van der Waals surface area contributed by atoms with Gasteiger partial charge in [-0.3, -0.25) is 9.59 Å². The van der Waals surface area contributed by atoms with Gasteiger partial charge in [-0.25, -0.2) is 0 Å². The summed E-state index contributed by atoms with van der Waals surface area (Å²) in [6.45, 7) is 5.46. The number of rotatable bonds is 6. The molecule has 1 N–H and O–H groups in total. The molecule has 1 aromatic rings. The van der Waals surface area contributed by atoms with Crippen LogP contribution in [0.1, 0.15) is 36.5 Å². The van der Waals surface area contributed by atoms with E-state index in [1.807, 2.05) is 6.07 Å². The number of fused-ring (bicyclic) bond motifs is 1. The summed E-state index contributed by atoms with van der Waals surface area (Å²) in [4.78, 5) is 23.6. The van der Waals surface area contributed by atoms with E-state index in [0.29, 0.717) is 6.54 Å². The lowest BCUT2D eigenvalue weighted by Crippen LogP contribution is -2.36. The lowest BCUT2D eigenvalue weighted by atomic mass is 9.90. The van der Waals surface area contributed by atoms with Crippen LogP contribution in [0.15, 0.2) is 30.9 Å². The molecule has 4 nitrogen and oxygen atoms in total. The van der Waals surface area contributed by atoms with Gasteiger partial charge in [0.05, 0.1) is 6.42 Å². The molecule has 0 saturated heterocycles. The molecule has 1 amide bonds. The molecule has 22 heavy (non-hydrogen) atoms. The molecule has 1 aromatic carbocycles. The van der Waals surface area contributed by atoms with E-state index in [2.05, 4.69) is 24.0 Å². The van der Waals surface area contributed by atoms with Gasteiger partial charge in [-0.1, -0.05) is 24.3 Å². The van der Waals surface area contributed by atoms with Gasteiger partial charge in [-0.2, -0.15) is 0 Å². The zero-order chi connectivity index (χ0) is 15.9. The highest BCUT2D eigenvalue weighted by Crippen LogP contribution is 2.22. The van der Waals surface area contributed by atoms with Crippen molar-refractivity contribution in [2.45, 2.75) is 45.1 Å². The Bertz CT molecular complexity index is 565. The van der Waals surface area contributed by atoms with E-state index in [-0.39, 0.29) is 18.3 Å². The normalized spacial score (nSPS) is 14.6. The van der Waals surface area contributed by atoms with Crippen LogP contribution in [0.3, 0.4) is 0 Å². The maximum Gasteiger partial charge on any atom is 0.311 e. The molecule has 2 rings (SSSR count). The molecule has 0 spiro atoms. The Morgan fingerprint density at radius 2 is 2.05 bits per heavy atom. The van der Waals surface area contributed by atoms with E-state index in [1.165, 1.54) is 24.0 Å². The van der Waals surface area contributed by atoms with Crippen LogP contribution in [-0.4, -0.2) is 24.5 Å². The van der Waals surface area contributed by atoms with Gasteiger partial charge < -0.3 is 10.1 Å². The maximum absolute atomic E-state index is 11.9. The first-order valence-electron chi connectivity index (χ1n) is 7.79. The Balaban J connectivity index is 1.89. The summed E-state index contributed by atoms with van der Waals surface area (Å²) >= 11 is 0. The second-order valence-corrected chi connectivity index (χ2v) is 5.65. The minimum absolute atomic E-state index is 0.201. The number of carbonyl (C=O) groups excluding carboxylic acids is 2. The van der Waals surface area contributed by atoms with Crippen molar-refractivity contribution >= 4 is 11.9 Å². The molecule has 0 fully saturated rings. The Morgan fingerprint density at radius 3 is 2.77 bits per heavy atom. The summed E-state index contributed by atoms with van der Waals surface area (Å²) in [5.41, 5.74) is 3.68. The molecule has 0 heterocycles. The van der Waals surface area contributed by atoms with Gasteiger partial charge in [0.15, 0.2) is 6.10 Å². The molecule has 0 aromatic heterocycles. The van der Waals surface area contributed by atoms with Crippen molar-refractivity contribution in [3.8, 4) is 0 Å². The largest absolute Gasteiger partial charge is 0.452 e. The second kappa shape index (κ2) is 7.78. The molecule has 1 aliphatic rings. The predicted molar refractivity (Wildman–Crippen MR) is 85.5 cm³/mol. The average Bonchev–Trinajstić information content (AvgIpc) is 2.52. The van der Waals surface area contributed by atoms with Crippen LogP contribution >= 0.6 is 0 Å². The molecule has 1 atom stereocenters. The number of esters is 1. The fourth-order valence-electron chi connectivity index (χ4n) is 2.67. The molecule has 0 bridgehead atoms. The summed E-state index contributed by atoms with van der Waals surface area (Å²) in [7, 11) is 0. The van der Waals surface area contributed by atoms with Gasteiger partial charge in [-0.05, 0) is 49.3 Å². The van der Waals surface area contributed by atoms with Crippen molar-refractivity contribution < 1.29 is 14.3 Å². The molecule has 4 heteroatoms. The summed E-state index contributed by atoms with van der Waals surface area (Å²) in [5, 5.41) is 2.61. The van der Waals surface area contributed by atoms with Crippen molar-refractivity contribution in [2.75, 3.05) is 6.54 Å². The highest BCUT2D eigenvalue weighted by molar-refractivity contribution is 5.84. The smallest absolute Gasteiger partial charge is 0.311 e. The number of amides is 1. The first kappa shape index (κ1) is 16.3. The molecule has 118 valence electrons. The van der Waals surface area contributed by atoms with E-state index >= 15 is 0 Å². The van der Waals surface area contributed by atoms with Crippen molar-refractivity contribution in [3.63, 3.8) is 0 Å².